The first-order chi connectivity index (χ1) is 8.93. The predicted molar refractivity (Wildman–Crippen MR) is 74.3 cm³/mol. The van der Waals surface area contributed by atoms with E-state index >= 15 is 0 Å². The zero-order valence-electron chi connectivity index (χ0n) is 12.8. The highest BCUT2D eigenvalue weighted by Gasteiger charge is 2.49. The van der Waals surface area contributed by atoms with Crippen LogP contribution in [0.3, 0.4) is 0 Å². The van der Waals surface area contributed by atoms with Gasteiger partial charge in [-0.15, -0.1) is 0 Å². The highest BCUT2D eigenvalue weighted by molar-refractivity contribution is 5.01. The number of nitrogens with two attached hydrogens (primary N) is 1. The molecule has 1 aliphatic rings. The maximum atomic E-state index is 12.2. The van der Waals surface area contributed by atoms with Gasteiger partial charge in [-0.25, -0.2) is 0 Å². The van der Waals surface area contributed by atoms with Crippen LogP contribution in [-0.2, 0) is 0 Å². The zero-order chi connectivity index (χ0) is 15.7. The predicted octanol–water partition coefficient (Wildman–Crippen LogP) is 4.02. The van der Waals surface area contributed by atoms with E-state index in [0.717, 1.165) is 25.7 Å². The van der Waals surface area contributed by atoms with E-state index in [1.54, 1.807) is 6.92 Å². The summed E-state index contributed by atoms with van der Waals surface area (Å²) >= 11 is 0. The molecule has 0 aromatic heterocycles. The maximum Gasteiger partial charge on any atom is 0.389 e. The second-order valence-corrected chi connectivity index (χ2v) is 7.39. The Hall–Kier alpha value is -0.290. The number of hydrogen-bond donors (Lipinski definition) is 2. The molecule has 120 valence electrons. The SMILES string of the molecule is CC1(C)CCC(CN)(C(C)(O)CCCC(F)(F)F)CC1. The molecule has 1 aliphatic carbocycles. The molecule has 0 spiro atoms. The fourth-order valence-corrected chi connectivity index (χ4v) is 3.27. The quantitative estimate of drug-likeness (QED) is 0.805. The molecule has 1 saturated carbocycles. The minimum absolute atomic E-state index is 0.0400. The number of aliphatic hydroxyl groups is 1. The summed E-state index contributed by atoms with van der Waals surface area (Å²) in [6, 6.07) is 0. The van der Waals surface area contributed by atoms with Gasteiger partial charge in [-0.1, -0.05) is 13.8 Å². The molecule has 0 amide bonds. The van der Waals surface area contributed by atoms with Gasteiger partial charge in [-0.2, -0.15) is 13.2 Å². The Morgan fingerprint density at radius 2 is 1.55 bits per heavy atom. The number of rotatable bonds is 5. The first-order valence-corrected chi connectivity index (χ1v) is 7.42. The van der Waals surface area contributed by atoms with Crippen molar-refractivity contribution in [2.24, 2.45) is 16.6 Å². The monoisotopic (exact) mass is 295 g/mol. The van der Waals surface area contributed by atoms with Crippen molar-refractivity contribution in [3.8, 4) is 0 Å². The molecular weight excluding hydrogens is 267 g/mol. The van der Waals surface area contributed by atoms with Gasteiger partial charge in [0.05, 0.1) is 5.60 Å². The molecule has 5 heteroatoms. The van der Waals surface area contributed by atoms with Crippen LogP contribution in [0.4, 0.5) is 13.2 Å². The second-order valence-electron chi connectivity index (χ2n) is 7.39. The van der Waals surface area contributed by atoms with Gasteiger partial charge in [0.25, 0.3) is 0 Å². The van der Waals surface area contributed by atoms with E-state index in [9.17, 15) is 18.3 Å². The Labute approximate surface area is 119 Å². The molecule has 0 aromatic carbocycles. The fourth-order valence-electron chi connectivity index (χ4n) is 3.27. The van der Waals surface area contributed by atoms with Crippen LogP contribution in [0.2, 0.25) is 0 Å². The number of hydrogen-bond acceptors (Lipinski definition) is 2. The standard InChI is InChI=1S/C15H28F3NO/c1-12(2)7-9-14(11-19,10-8-12)13(3,20)5-4-6-15(16,17)18/h20H,4-11,19H2,1-3H3. The Morgan fingerprint density at radius 1 is 1.05 bits per heavy atom. The van der Waals surface area contributed by atoms with Gasteiger partial charge in [0.1, 0.15) is 0 Å². The van der Waals surface area contributed by atoms with E-state index < -0.39 is 23.6 Å². The van der Waals surface area contributed by atoms with Gasteiger partial charge in [-0.05, 0) is 50.9 Å². The van der Waals surface area contributed by atoms with Crippen molar-refractivity contribution in [1.29, 1.82) is 0 Å². The van der Waals surface area contributed by atoms with Crippen LogP contribution < -0.4 is 5.73 Å². The highest BCUT2D eigenvalue weighted by atomic mass is 19.4. The molecule has 0 aromatic rings. The first-order valence-electron chi connectivity index (χ1n) is 7.42. The lowest BCUT2D eigenvalue weighted by Crippen LogP contribution is -2.53. The molecule has 0 saturated heterocycles. The van der Waals surface area contributed by atoms with E-state index in [-0.39, 0.29) is 18.3 Å². The third-order valence-corrected chi connectivity index (χ3v) is 5.22. The van der Waals surface area contributed by atoms with Crippen molar-refractivity contribution in [2.45, 2.75) is 77.5 Å². The summed E-state index contributed by atoms with van der Waals surface area (Å²) < 4.78 is 36.7. The average molecular weight is 295 g/mol. The third-order valence-electron chi connectivity index (χ3n) is 5.22. The van der Waals surface area contributed by atoms with Gasteiger partial charge in [-0.3, -0.25) is 0 Å². The summed E-state index contributed by atoms with van der Waals surface area (Å²) in [6.45, 7) is 6.37. The largest absolute Gasteiger partial charge is 0.390 e. The average Bonchev–Trinajstić information content (AvgIpc) is 2.27. The van der Waals surface area contributed by atoms with Gasteiger partial charge in [0, 0.05) is 18.4 Å². The molecule has 0 bridgehead atoms. The molecule has 1 atom stereocenters. The van der Waals surface area contributed by atoms with Crippen LogP contribution >= 0.6 is 0 Å². The summed E-state index contributed by atoms with van der Waals surface area (Å²) in [5.74, 6) is 0. The normalized spacial score (nSPS) is 25.2. The Kier molecular flexibility index (Phi) is 5.18. The first kappa shape index (κ1) is 17.8. The van der Waals surface area contributed by atoms with Crippen molar-refractivity contribution in [1.82, 2.24) is 0 Å². The fraction of sp³-hybridized carbons (Fsp3) is 1.00. The summed E-state index contributed by atoms with van der Waals surface area (Å²) in [5.41, 5.74) is 4.57. The van der Waals surface area contributed by atoms with E-state index in [1.165, 1.54) is 0 Å². The van der Waals surface area contributed by atoms with Crippen LogP contribution in [-0.4, -0.2) is 23.4 Å². The lowest BCUT2D eigenvalue weighted by molar-refractivity contribution is -0.144. The summed E-state index contributed by atoms with van der Waals surface area (Å²) in [7, 11) is 0. The highest BCUT2D eigenvalue weighted by Crippen LogP contribution is 2.51. The van der Waals surface area contributed by atoms with E-state index in [2.05, 4.69) is 13.8 Å². The number of halogens is 3. The molecule has 20 heavy (non-hydrogen) atoms. The van der Waals surface area contributed by atoms with Crippen LogP contribution in [0.5, 0.6) is 0 Å². The van der Waals surface area contributed by atoms with Crippen LogP contribution in [0, 0.1) is 10.8 Å². The van der Waals surface area contributed by atoms with Crippen LogP contribution in [0.25, 0.3) is 0 Å². The number of alkyl halides is 3. The zero-order valence-corrected chi connectivity index (χ0v) is 12.8. The summed E-state index contributed by atoms with van der Waals surface area (Å²) in [6.07, 6.45) is -1.38. The second kappa shape index (κ2) is 5.84. The van der Waals surface area contributed by atoms with Crippen molar-refractivity contribution in [3.05, 3.63) is 0 Å². The molecule has 0 heterocycles. The van der Waals surface area contributed by atoms with E-state index in [1.807, 2.05) is 0 Å². The lowest BCUT2D eigenvalue weighted by atomic mass is 9.57. The lowest BCUT2D eigenvalue weighted by Gasteiger charge is -2.51. The van der Waals surface area contributed by atoms with Crippen molar-refractivity contribution in [2.75, 3.05) is 6.54 Å². The molecule has 1 unspecified atom stereocenters. The van der Waals surface area contributed by atoms with E-state index in [0.29, 0.717) is 6.54 Å². The van der Waals surface area contributed by atoms with Crippen LogP contribution in [0.15, 0.2) is 0 Å². The van der Waals surface area contributed by atoms with Gasteiger partial charge in [0.15, 0.2) is 0 Å². The van der Waals surface area contributed by atoms with Gasteiger partial charge >= 0.3 is 6.18 Å². The Morgan fingerprint density at radius 3 is 1.95 bits per heavy atom. The van der Waals surface area contributed by atoms with Crippen molar-refractivity contribution >= 4 is 0 Å². The maximum absolute atomic E-state index is 12.2. The molecule has 0 radical (unpaired) electrons. The minimum Gasteiger partial charge on any atom is -0.390 e. The third kappa shape index (κ3) is 4.35. The molecule has 1 fully saturated rings. The minimum atomic E-state index is -4.15. The summed E-state index contributed by atoms with van der Waals surface area (Å²) in [5, 5.41) is 10.7. The topological polar surface area (TPSA) is 46.2 Å². The molecule has 1 rings (SSSR count). The van der Waals surface area contributed by atoms with Gasteiger partial charge < -0.3 is 10.8 Å². The molecule has 3 N–H and O–H groups in total. The smallest absolute Gasteiger partial charge is 0.389 e. The molecular formula is C15H28F3NO. The Balaban J connectivity index is 2.67. The Bertz CT molecular complexity index is 314. The molecule has 2 nitrogen and oxygen atoms in total. The summed E-state index contributed by atoms with van der Waals surface area (Å²) in [4.78, 5) is 0. The van der Waals surface area contributed by atoms with Crippen molar-refractivity contribution < 1.29 is 18.3 Å². The van der Waals surface area contributed by atoms with E-state index in [4.69, 9.17) is 5.73 Å². The molecule has 0 aliphatic heterocycles. The van der Waals surface area contributed by atoms with Gasteiger partial charge in [0.2, 0.25) is 0 Å². The van der Waals surface area contributed by atoms with Crippen molar-refractivity contribution in [3.63, 3.8) is 0 Å². The van der Waals surface area contributed by atoms with Crippen LogP contribution in [0.1, 0.15) is 65.7 Å².